The van der Waals surface area contributed by atoms with Gasteiger partial charge in [0, 0.05) is 31.4 Å². The predicted octanol–water partition coefficient (Wildman–Crippen LogP) is 5.83. The number of aromatic nitrogens is 2. The van der Waals surface area contributed by atoms with Crippen molar-refractivity contribution < 1.29 is 13.6 Å². The first kappa shape index (κ1) is 18.6. The molecule has 1 spiro atoms. The molecule has 1 N–H and O–H groups in total. The molecule has 28 heavy (non-hydrogen) atoms. The van der Waals surface area contributed by atoms with Gasteiger partial charge in [0.05, 0.1) is 14.9 Å². The molecule has 0 bridgehead atoms. The fourth-order valence-electron chi connectivity index (χ4n) is 5.17. The van der Waals surface area contributed by atoms with Crippen LogP contribution in [0.3, 0.4) is 0 Å². The molecule has 150 valence electrons. The van der Waals surface area contributed by atoms with E-state index >= 15 is 0 Å². The van der Waals surface area contributed by atoms with Gasteiger partial charge in [0.2, 0.25) is 11.8 Å². The van der Waals surface area contributed by atoms with Gasteiger partial charge >= 0.3 is 0 Å². The number of amides is 1. The molecule has 0 unspecified atom stereocenters. The predicted molar refractivity (Wildman–Crippen MR) is 106 cm³/mol. The molecule has 0 aromatic carbocycles. The van der Waals surface area contributed by atoms with E-state index in [1.807, 2.05) is 23.9 Å². The normalized spacial score (nSPS) is 23.1. The fraction of sp³-hybridized carbons (Fsp3) is 0.600. The number of carbonyl (C=O) groups excluding carboxylic acids is 1. The summed E-state index contributed by atoms with van der Waals surface area (Å²) >= 11 is 7.64. The summed E-state index contributed by atoms with van der Waals surface area (Å²) < 4.78 is 29.0. The number of alkyl halides is 2. The molecule has 4 nitrogen and oxygen atoms in total. The lowest BCUT2D eigenvalue weighted by atomic mass is 9.50. The van der Waals surface area contributed by atoms with Crippen LogP contribution >= 0.6 is 22.9 Å². The van der Waals surface area contributed by atoms with Crippen LogP contribution in [0.4, 0.5) is 14.6 Å². The van der Waals surface area contributed by atoms with E-state index in [1.54, 1.807) is 0 Å². The molecule has 0 radical (unpaired) electrons. The third-order valence-electron chi connectivity index (χ3n) is 6.64. The van der Waals surface area contributed by atoms with E-state index in [-0.39, 0.29) is 30.1 Å². The topological polar surface area (TPSA) is 46.9 Å². The van der Waals surface area contributed by atoms with Gasteiger partial charge in [0.15, 0.2) is 5.82 Å². The maximum absolute atomic E-state index is 13.2. The van der Waals surface area contributed by atoms with Gasteiger partial charge in [-0.2, -0.15) is 5.10 Å². The van der Waals surface area contributed by atoms with Gasteiger partial charge in [-0.1, -0.05) is 18.0 Å². The molecular weight excluding hydrogens is 404 g/mol. The van der Waals surface area contributed by atoms with Gasteiger partial charge in [-0.25, -0.2) is 8.78 Å². The first-order valence-electron chi connectivity index (χ1n) is 9.77. The van der Waals surface area contributed by atoms with Gasteiger partial charge in [-0.05, 0) is 49.1 Å². The lowest BCUT2D eigenvalue weighted by Gasteiger charge is -2.56. The van der Waals surface area contributed by atoms with Crippen molar-refractivity contribution in [1.82, 2.24) is 9.78 Å². The average Bonchev–Trinajstić information content (AvgIpc) is 3.04. The fourth-order valence-corrected chi connectivity index (χ4v) is 6.31. The largest absolute Gasteiger partial charge is 0.309 e. The Bertz CT molecular complexity index is 933. The number of anilines is 1. The van der Waals surface area contributed by atoms with Crippen LogP contribution in [0.15, 0.2) is 12.1 Å². The molecule has 3 fully saturated rings. The minimum absolute atomic E-state index is 0.0655. The molecule has 8 heteroatoms. The summed E-state index contributed by atoms with van der Waals surface area (Å²) in [5.74, 6) is -1.80. The number of thiophene rings is 1. The summed E-state index contributed by atoms with van der Waals surface area (Å²) in [6, 6.07) is 3.86. The molecule has 3 aliphatic carbocycles. The van der Waals surface area contributed by atoms with Gasteiger partial charge in [-0.3, -0.25) is 9.48 Å². The summed E-state index contributed by atoms with van der Waals surface area (Å²) in [6.45, 7) is 0. The zero-order valence-electron chi connectivity index (χ0n) is 15.6. The van der Waals surface area contributed by atoms with Crippen molar-refractivity contribution in [2.75, 3.05) is 5.32 Å². The Morgan fingerprint density at radius 2 is 2.04 bits per heavy atom. The van der Waals surface area contributed by atoms with Crippen molar-refractivity contribution in [1.29, 1.82) is 0 Å². The van der Waals surface area contributed by atoms with Crippen LogP contribution in [0.1, 0.15) is 56.4 Å². The SMILES string of the molecule is Cn1nc(NC(=O)C2CC3(C2)CC(F)(F)C3)c(C2CCC2)c1-c1ccc(Cl)s1. The van der Waals surface area contributed by atoms with E-state index in [0.717, 1.165) is 33.3 Å². The summed E-state index contributed by atoms with van der Waals surface area (Å²) in [5.41, 5.74) is 1.80. The number of hydrogen-bond acceptors (Lipinski definition) is 3. The van der Waals surface area contributed by atoms with Crippen molar-refractivity contribution in [2.45, 2.75) is 56.8 Å². The van der Waals surface area contributed by atoms with Crippen LogP contribution in [0.25, 0.3) is 10.6 Å². The van der Waals surface area contributed by atoms with E-state index in [4.69, 9.17) is 11.6 Å². The minimum Gasteiger partial charge on any atom is -0.309 e. The standard InChI is InChI=1S/C20H22ClF2N3OS/c1-26-16(13-5-6-14(21)28-13)15(11-3-2-4-11)17(25-26)24-18(27)12-7-19(8-12)9-20(22,23)10-19/h5-6,11-12H,2-4,7-10H2,1H3,(H,24,25,27). The number of carbonyl (C=O) groups is 1. The lowest BCUT2D eigenvalue weighted by molar-refractivity contribution is -0.206. The highest BCUT2D eigenvalue weighted by atomic mass is 35.5. The number of hydrogen-bond donors (Lipinski definition) is 1. The highest BCUT2D eigenvalue weighted by Gasteiger charge is 2.62. The Morgan fingerprint density at radius 1 is 1.32 bits per heavy atom. The second-order valence-corrected chi connectivity index (χ2v) is 10.5. The molecule has 2 aromatic heterocycles. The van der Waals surface area contributed by atoms with Crippen molar-refractivity contribution in [2.24, 2.45) is 18.4 Å². The van der Waals surface area contributed by atoms with Gasteiger partial charge < -0.3 is 5.32 Å². The quantitative estimate of drug-likeness (QED) is 0.669. The van der Waals surface area contributed by atoms with E-state index in [9.17, 15) is 13.6 Å². The molecule has 0 aliphatic heterocycles. The third-order valence-corrected chi connectivity index (χ3v) is 7.88. The monoisotopic (exact) mass is 425 g/mol. The first-order chi connectivity index (χ1) is 13.3. The summed E-state index contributed by atoms with van der Waals surface area (Å²) in [4.78, 5) is 13.8. The average molecular weight is 426 g/mol. The highest BCUT2D eigenvalue weighted by molar-refractivity contribution is 7.19. The molecule has 1 amide bonds. The van der Waals surface area contributed by atoms with Gasteiger partial charge in [0.25, 0.3) is 0 Å². The lowest BCUT2D eigenvalue weighted by Crippen LogP contribution is -2.55. The van der Waals surface area contributed by atoms with Crippen LogP contribution in [0, 0.1) is 11.3 Å². The van der Waals surface area contributed by atoms with Crippen molar-refractivity contribution in [3.8, 4) is 10.6 Å². The Hall–Kier alpha value is -1.47. The number of nitrogens with one attached hydrogen (secondary N) is 1. The zero-order valence-corrected chi connectivity index (χ0v) is 17.2. The Labute approximate surface area is 171 Å². The molecule has 0 saturated heterocycles. The zero-order chi connectivity index (χ0) is 19.7. The van der Waals surface area contributed by atoms with Crippen molar-refractivity contribution in [3.63, 3.8) is 0 Å². The summed E-state index contributed by atoms with van der Waals surface area (Å²) in [5, 5.41) is 7.62. The van der Waals surface area contributed by atoms with Crippen LogP contribution < -0.4 is 5.32 Å². The summed E-state index contributed by atoms with van der Waals surface area (Å²) in [6.07, 6.45) is 4.34. The van der Waals surface area contributed by atoms with E-state index in [2.05, 4.69) is 10.4 Å². The number of halogens is 3. The molecule has 3 aliphatic rings. The van der Waals surface area contributed by atoms with Crippen LogP contribution in [0.5, 0.6) is 0 Å². The summed E-state index contributed by atoms with van der Waals surface area (Å²) in [7, 11) is 1.88. The van der Waals surface area contributed by atoms with Crippen molar-refractivity contribution in [3.05, 3.63) is 22.0 Å². The molecule has 2 heterocycles. The molecular formula is C20H22ClF2N3OS. The molecule has 3 saturated carbocycles. The Kier molecular flexibility index (Phi) is 4.15. The Morgan fingerprint density at radius 3 is 2.57 bits per heavy atom. The van der Waals surface area contributed by atoms with Crippen LogP contribution in [0.2, 0.25) is 4.34 Å². The Balaban J connectivity index is 1.36. The maximum atomic E-state index is 13.2. The van der Waals surface area contributed by atoms with Crippen LogP contribution in [-0.2, 0) is 11.8 Å². The smallest absolute Gasteiger partial charge is 0.249 e. The molecule has 0 atom stereocenters. The second-order valence-electron chi connectivity index (χ2n) is 8.77. The molecule has 2 aromatic rings. The van der Waals surface area contributed by atoms with Crippen molar-refractivity contribution >= 4 is 34.7 Å². The second kappa shape index (κ2) is 6.26. The van der Waals surface area contributed by atoms with Crippen LogP contribution in [-0.4, -0.2) is 21.6 Å². The van der Waals surface area contributed by atoms with E-state index in [0.29, 0.717) is 24.6 Å². The highest BCUT2D eigenvalue weighted by Crippen LogP contribution is 2.64. The van der Waals surface area contributed by atoms with Gasteiger partial charge in [-0.15, -0.1) is 11.3 Å². The van der Waals surface area contributed by atoms with E-state index < -0.39 is 5.92 Å². The number of nitrogens with zero attached hydrogens (tertiary/aromatic N) is 2. The third kappa shape index (κ3) is 2.98. The molecule has 5 rings (SSSR count). The first-order valence-corrected chi connectivity index (χ1v) is 11.0. The van der Waals surface area contributed by atoms with Gasteiger partial charge in [0.1, 0.15) is 0 Å². The van der Waals surface area contributed by atoms with E-state index in [1.165, 1.54) is 17.8 Å². The number of aryl methyl sites for hydroxylation is 1. The maximum Gasteiger partial charge on any atom is 0.249 e. The minimum atomic E-state index is -2.53. The number of rotatable bonds is 4.